The molecule has 3 heteroatoms. The lowest BCUT2D eigenvalue weighted by atomic mass is 10.1. The third kappa shape index (κ3) is 3.72. The van der Waals surface area contributed by atoms with Crippen LogP contribution < -0.4 is 5.73 Å². The first-order valence-corrected chi connectivity index (χ1v) is 6.85. The smallest absolute Gasteiger partial charge is 0.0674 e. The number of nitrogen functional groups attached to an aromatic ring is 1. The zero-order chi connectivity index (χ0) is 13.0. The predicted molar refractivity (Wildman–Crippen MR) is 75.6 cm³/mol. The SMILES string of the molecule is CC1CN(CCCc2cccc(N)c2)C(C)CO1. The Morgan fingerprint density at radius 2 is 2.22 bits per heavy atom. The molecule has 0 saturated carbocycles. The van der Waals surface area contributed by atoms with E-state index in [2.05, 4.69) is 30.9 Å². The van der Waals surface area contributed by atoms with Crippen LogP contribution in [0.2, 0.25) is 0 Å². The zero-order valence-corrected chi connectivity index (χ0v) is 11.4. The average Bonchev–Trinajstić information content (AvgIpc) is 2.34. The van der Waals surface area contributed by atoms with E-state index in [1.807, 2.05) is 12.1 Å². The molecule has 1 aliphatic heterocycles. The third-order valence-electron chi connectivity index (χ3n) is 3.60. The molecular weight excluding hydrogens is 224 g/mol. The van der Waals surface area contributed by atoms with Gasteiger partial charge >= 0.3 is 0 Å². The van der Waals surface area contributed by atoms with Crippen molar-refractivity contribution in [3.63, 3.8) is 0 Å². The highest BCUT2D eigenvalue weighted by Gasteiger charge is 2.22. The average molecular weight is 248 g/mol. The second-order valence-corrected chi connectivity index (χ2v) is 5.34. The van der Waals surface area contributed by atoms with E-state index < -0.39 is 0 Å². The number of nitrogens with two attached hydrogens (primary N) is 1. The van der Waals surface area contributed by atoms with E-state index in [1.165, 1.54) is 12.0 Å². The Morgan fingerprint density at radius 1 is 1.39 bits per heavy atom. The number of anilines is 1. The fourth-order valence-corrected chi connectivity index (χ4v) is 2.52. The Labute approximate surface area is 110 Å². The Kier molecular flexibility index (Phi) is 4.61. The summed E-state index contributed by atoms with van der Waals surface area (Å²) >= 11 is 0. The van der Waals surface area contributed by atoms with Crippen molar-refractivity contribution in [3.8, 4) is 0 Å². The molecule has 3 nitrogen and oxygen atoms in total. The maximum atomic E-state index is 5.79. The molecule has 0 aliphatic carbocycles. The van der Waals surface area contributed by atoms with Crippen molar-refractivity contribution in [2.24, 2.45) is 0 Å². The molecule has 1 fully saturated rings. The van der Waals surface area contributed by atoms with Crippen molar-refractivity contribution in [2.75, 3.05) is 25.4 Å². The summed E-state index contributed by atoms with van der Waals surface area (Å²) in [7, 11) is 0. The highest BCUT2D eigenvalue weighted by molar-refractivity contribution is 5.40. The summed E-state index contributed by atoms with van der Waals surface area (Å²) in [4.78, 5) is 2.53. The molecule has 0 radical (unpaired) electrons. The summed E-state index contributed by atoms with van der Waals surface area (Å²) in [5.41, 5.74) is 7.99. The van der Waals surface area contributed by atoms with Gasteiger partial charge in [-0.05, 0) is 50.9 Å². The number of benzene rings is 1. The molecule has 18 heavy (non-hydrogen) atoms. The van der Waals surface area contributed by atoms with Gasteiger partial charge in [-0.3, -0.25) is 4.90 Å². The second-order valence-electron chi connectivity index (χ2n) is 5.34. The minimum atomic E-state index is 0.369. The van der Waals surface area contributed by atoms with Crippen LogP contribution in [0.25, 0.3) is 0 Å². The lowest BCUT2D eigenvalue weighted by Gasteiger charge is -2.36. The number of nitrogens with zero attached hydrogens (tertiary/aromatic N) is 1. The topological polar surface area (TPSA) is 38.5 Å². The molecule has 100 valence electrons. The minimum absolute atomic E-state index is 0.369. The first kappa shape index (κ1) is 13.4. The first-order chi connectivity index (χ1) is 8.65. The Bertz CT molecular complexity index is 381. The first-order valence-electron chi connectivity index (χ1n) is 6.85. The fourth-order valence-electron chi connectivity index (χ4n) is 2.52. The summed E-state index contributed by atoms with van der Waals surface area (Å²) < 4.78 is 5.64. The lowest BCUT2D eigenvalue weighted by Crippen LogP contribution is -2.47. The molecule has 1 aliphatic rings. The van der Waals surface area contributed by atoms with Crippen LogP contribution in [0.15, 0.2) is 24.3 Å². The second kappa shape index (κ2) is 6.21. The van der Waals surface area contributed by atoms with Crippen molar-refractivity contribution in [1.82, 2.24) is 4.90 Å². The highest BCUT2D eigenvalue weighted by Crippen LogP contribution is 2.13. The molecule has 0 amide bonds. The van der Waals surface area contributed by atoms with Crippen LogP contribution in [0, 0.1) is 0 Å². The fraction of sp³-hybridized carbons (Fsp3) is 0.600. The normalized spacial score (nSPS) is 25.2. The van der Waals surface area contributed by atoms with Crippen molar-refractivity contribution < 1.29 is 4.74 Å². The summed E-state index contributed by atoms with van der Waals surface area (Å²) in [5.74, 6) is 0. The van der Waals surface area contributed by atoms with E-state index in [0.29, 0.717) is 12.1 Å². The monoisotopic (exact) mass is 248 g/mol. The van der Waals surface area contributed by atoms with Gasteiger partial charge < -0.3 is 10.5 Å². The maximum absolute atomic E-state index is 5.79. The van der Waals surface area contributed by atoms with Gasteiger partial charge in [-0.2, -0.15) is 0 Å². The molecule has 2 unspecified atom stereocenters. The van der Waals surface area contributed by atoms with Gasteiger partial charge in [0.05, 0.1) is 12.7 Å². The standard InChI is InChI=1S/C15H24N2O/c1-12-11-18-13(2)10-17(12)8-4-6-14-5-3-7-15(16)9-14/h3,5,7,9,12-13H,4,6,8,10-11,16H2,1-2H3. The van der Waals surface area contributed by atoms with Crippen LogP contribution in [0.3, 0.4) is 0 Å². The summed E-state index contributed by atoms with van der Waals surface area (Å²) in [5, 5.41) is 0. The predicted octanol–water partition coefficient (Wildman–Crippen LogP) is 2.31. The number of hydrogen-bond donors (Lipinski definition) is 1. The van der Waals surface area contributed by atoms with Crippen LogP contribution in [0.1, 0.15) is 25.8 Å². The Morgan fingerprint density at radius 3 is 3.00 bits per heavy atom. The molecule has 2 N–H and O–H groups in total. The zero-order valence-electron chi connectivity index (χ0n) is 11.4. The number of ether oxygens (including phenoxy) is 1. The molecule has 0 bridgehead atoms. The highest BCUT2D eigenvalue weighted by atomic mass is 16.5. The molecular formula is C15H24N2O. The summed E-state index contributed by atoms with van der Waals surface area (Å²) in [6, 6.07) is 8.74. The number of rotatable bonds is 4. The quantitative estimate of drug-likeness (QED) is 0.831. The van der Waals surface area contributed by atoms with Crippen LogP contribution in [0.5, 0.6) is 0 Å². The van der Waals surface area contributed by atoms with E-state index in [0.717, 1.165) is 31.8 Å². The lowest BCUT2D eigenvalue weighted by molar-refractivity contribution is -0.0494. The van der Waals surface area contributed by atoms with Crippen molar-refractivity contribution in [3.05, 3.63) is 29.8 Å². The van der Waals surface area contributed by atoms with Crippen LogP contribution in [-0.2, 0) is 11.2 Å². The van der Waals surface area contributed by atoms with Gasteiger partial charge in [0.25, 0.3) is 0 Å². The number of aryl methyl sites for hydroxylation is 1. The summed E-state index contributed by atoms with van der Waals surface area (Å²) in [6.45, 7) is 7.45. The van der Waals surface area contributed by atoms with Crippen molar-refractivity contribution in [1.29, 1.82) is 0 Å². The molecule has 0 spiro atoms. The van der Waals surface area contributed by atoms with Gasteiger partial charge in [0, 0.05) is 18.3 Å². The van der Waals surface area contributed by atoms with E-state index >= 15 is 0 Å². The van der Waals surface area contributed by atoms with Gasteiger partial charge in [0.2, 0.25) is 0 Å². The number of morpholine rings is 1. The van der Waals surface area contributed by atoms with Gasteiger partial charge in [-0.1, -0.05) is 12.1 Å². The largest absolute Gasteiger partial charge is 0.399 e. The molecule has 1 heterocycles. The molecule has 1 aromatic rings. The Hall–Kier alpha value is -1.06. The van der Waals surface area contributed by atoms with Crippen molar-refractivity contribution in [2.45, 2.75) is 38.8 Å². The molecule has 1 saturated heterocycles. The Balaban J connectivity index is 1.77. The molecule has 1 aromatic carbocycles. The van der Waals surface area contributed by atoms with Crippen LogP contribution in [0.4, 0.5) is 5.69 Å². The maximum Gasteiger partial charge on any atom is 0.0674 e. The minimum Gasteiger partial charge on any atom is -0.399 e. The van der Waals surface area contributed by atoms with E-state index in [4.69, 9.17) is 10.5 Å². The van der Waals surface area contributed by atoms with Crippen molar-refractivity contribution >= 4 is 5.69 Å². The molecule has 2 rings (SSSR count). The van der Waals surface area contributed by atoms with Gasteiger partial charge in [-0.15, -0.1) is 0 Å². The van der Waals surface area contributed by atoms with Gasteiger partial charge in [0.1, 0.15) is 0 Å². The van der Waals surface area contributed by atoms with E-state index in [-0.39, 0.29) is 0 Å². The van der Waals surface area contributed by atoms with Crippen LogP contribution >= 0.6 is 0 Å². The summed E-state index contributed by atoms with van der Waals surface area (Å²) in [6.07, 6.45) is 2.65. The van der Waals surface area contributed by atoms with Crippen LogP contribution in [-0.4, -0.2) is 36.7 Å². The number of hydrogen-bond acceptors (Lipinski definition) is 3. The molecule has 0 aromatic heterocycles. The molecule has 2 atom stereocenters. The van der Waals surface area contributed by atoms with E-state index in [9.17, 15) is 0 Å². The van der Waals surface area contributed by atoms with Gasteiger partial charge in [0.15, 0.2) is 0 Å². The van der Waals surface area contributed by atoms with Gasteiger partial charge in [-0.25, -0.2) is 0 Å². The third-order valence-corrected chi connectivity index (χ3v) is 3.60. The van der Waals surface area contributed by atoms with E-state index in [1.54, 1.807) is 0 Å².